The molecule has 0 radical (unpaired) electrons. The first-order valence-corrected chi connectivity index (χ1v) is 8.44. The van der Waals surface area contributed by atoms with Crippen molar-refractivity contribution in [3.05, 3.63) is 0 Å². The fourth-order valence-electron chi connectivity index (χ4n) is 3.27. The van der Waals surface area contributed by atoms with Crippen LogP contribution in [-0.2, 0) is 4.74 Å². The molecule has 0 spiro atoms. The van der Waals surface area contributed by atoms with Crippen LogP contribution in [-0.4, -0.2) is 75.3 Å². The van der Waals surface area contributed by atoms with Crippen LogP contribution in [0.4, 0.5) is 0 Å². The molecular formula is C16H33IN4O. The van der Waals surface area contributed by atoms with Gasteiger partial charge in [-0.3, -0.25) is 9.89 Å². The number of halogens is 1. The van der Waals surface area contributed by atoms with Gasteiger partial charge in [0.2, 0.25) is 0 Å². The summed E-state index contributed by atoms with van der Waals surface area (Å²) in [5.41, 5.74) is 0. The SMILES string of the molecule is CN=C(NCC(C)CN1CCOCC1)N1CCCC(C)C1.I. The first-order chi connectivity index (χ1) is 10.2. The molecule has 2 rings (SSSR count). The van der Waals surface area contributed by atoms with E-state index in [0.717, 1.165) is 64.4 Å². The van der Waals surface area contributed by atoms with Crippen molar-refractivity contribution < 1.29 is 4.74 Å². The Hall–Kier alpha value is -0.0800. The second-order valence-electron chi connectivity index (χ2n) is 6.64. The van der Waals surface area contributed by atoms with E-state index in [0.29, 0.717) is 5.92 Å². The molecule has 0 bridgehead atoms. The summed E-state index contributed by atoms with van der Waals surface area (Å²) in [6, 6.07) is 0. The van der Waals surface area contributed by atoms with E-state index in [-0.39, 0.29) is 24.0 Å². The van der Waals surface area contributed by atoms with Gasteiger partial charge in [-0.1, -0.05) is 13.8 Å². The molecule has 0 aliphatic carbocycles. The molecule has 2 aliphatic rings. The van der Waals surface area contributed by atoms with Crippen LogP contribution in [0.25, 0.3) is 0 Å². The monoisotopic (exact) mass is 424 g/mol. The van der Waals surface area contributed by atoms with E-state index in [4.69, 9.17) is 4.74 Å². The molecule has 0 aromatic carbocycles. The number of aliphatic imine (C=N–C) groups is 1. The van der Waals surface area contributed by atoms with E-state index >= 15 is 0 Å². The van der Waals surface area contributed by atoms with Gasteiger partial charge in [-0.15, -0.1) is 24.0 Å². The van der Waals surface area contributed by atoms with Crippen LogP contribution in [0, 0.1) is 11.8 Å². The minimum atomic E-state index is 0. The molecule has 2 atom stereocenters. The zero-order valence-electron chi connectivity index (χ0n) is 14.4. The first kappa shape index (κ1) is 20.0. The van der Waals surface area contributed by atoms with Gasteiger partial charge in [0.1, 0.15) is 0 Å². The highest BCUT2D eigenvalue weighted by Gasteiger charge is 2.20. The Morgan fingerprint density at radius 1 is 1.32 bits per heavy atom. The fourth-order valence-corrected chi connectivity index (χ4v) is 3.27. The van der Waals surface area contributed by atoms with Gasteiger partial charge in [0, 0.05) is 46.3 Å². The van der Waals surface area contributed by atoms with Crippen LogP contribution < -0.4 is 5.32 Å². The van der Waals surface area contributed by atoms with Crippen LogP contribution in [0.5, 0.6) is 0 Å². The molecule has 0 aromatic rings. The maximum absolute atomic E-state index is 5.40. The first-order valence-electron chi connectivity index (χ1n) is 8.44. The Labute approximate surface area is 152 Å². The Bertz CT molecular complexity index is 334. The van der Waals surface area contributed by atoms with E-state index in [2.05, 4.69) is 34.0 Å². The number of nitrogens with zero attached hydrogens (tertiary/aromatic N) is 3. The summed E-state index contributed by atoms with van der Waals surface area (Å²) in [7, 11) is 1.90. The largest absolute Gasteiger partial charge is 0.379 e. The number of hydrogen-bond donors (Lipinski definition) is 1. The van der Waals surface area contributed by atoms with Crippen LogP contribution >= 0.6 is 24.0 Å². The Morgan fingerprint density at radius 3 is 2.68 bits per heavy atom. The molecule has 2 saturated heterocycles. The second-order valence-corrected chi connectivity index (χ2v) is 6.64. The predicted octanol–water partition coefficient (Wildman–Crippen LogP) is 1.88. The number of likely N-dealkylation sites (tertiary alicyclic amines) is 1. The average Bonchev–Trinajstić information content (AvgIpc) is 2.49. The minimum Gasteiger partial charge on any atom is -0.379 e. The molecule has 2 aliphatic heterocycles. The lowest BCUT2D eigenvalue weighted by Crippen LogP contribution is -2.48. The lowest BCUT2D eigenvalue weighted by molar-refractivity contribution is 0.0320. The van der Waals surface area contributed by atoms with Crippen LogP contribution in [0.3, 0.4) is 0 Å². The molecule has 6 heteroatoms. The van der Waals surface area contributed by atoms with Gasteiger partial charge < -0.3 is 15.0 Å². The molecule has 5 nitrogen and oxygen atoms in total. The number of piperidine rings is 1. The van der Waals surface area contributed by atoms with Crippen molar-refractivity contribution in [2.75, 3.05) is 59.5 Å². The summed E-state index contributed by atoms with van der Waals surface area (Å²) in [5, 5.41) is 3.57. The van der Waals surface area contributed by atoms with Crippen molar-refractivity contribution in [1.82, 2.24) is 15.1 Å². The summed E-state index contributed by atoms with van der Waals surface area (Å²) < 4.78 is 5.40. The topological polar surface area (TPSA) is 40.1 Å². The normalized spacial score (nSPS) is 25.5. The van der Waals surface area contributed by atoms with Crippen molar-refractivity contribution >= 4 is 29.9 Å². The van der Waals surface area contributed by atoms with Gasteiger partial charge >= 0.3 is 0 Å². The van der Waals surface area contributed by atoms with Gasteiger partial charge in [0.05, 0.1) is 13.2 Å². The average molecular weight is 424 g/mol. The van der Waals surface area contributed by atoms with Crippen molar-refractivity contribution in [3.8, 4) is 0 Å². The quantitative estimate of drug-likeness (QED) is 0.425. The number of rotatable bonds is 4. The van der Waals surface area contributed by atoms with E-state index in [9.17, 15) is 0 Å². The highest BCUT2D eigenvalue weighted by Crippen LogP contribution is 2.15. The summed E-state index contributed by atoms with van der Waals surface area (Å²) in [6.45, 7) is 13.0. The van der Waals surface area contributed by atoms with Gasteiger partial charge in [0.25, 0.3) is 0 Å². The van der Waals surface area contributed by atoms with Crippen LogP contribution in [0.1, 0.15) is 26.7 Å². The second kappa shape index (κ2) is 10.6. The zero-order chi connectivity index (χ0) is 15.1. The molecule has 2 fully saturated rings. The number of ether oxygens (including phenoxy) is 1. The molecular weight excluding hydrogens is 391 g/mol. The molecule has 0 aromatic heterocycles. The van der Waals surface area contributed by atoms with Crippen molar-refractivity contribution in [3.63, 3.8) is 0 Å². The Morgan fingerprint density at radius 2 is 2.05 bits per heavy atom. The van der Waals surface area contributed by atoms with Crippen LogP contribution in [0.15, 0.2) is 4.99 Å². The number of guanidine groups is 1. The predicted molar refractivity (Wildman–Crippen MR) is 103 cm³/mol. The Balaban J connectivity index is 0.00000242. The third kappa shape index (κ3) is 6.58. The molecule has 22 heavy (non-hydrogen) atoms. The molecule has 1 N–H and O–H groups in total. The molecule has 130 valence electrons. The molecule has 2 unspecified atom stereocenters. The lowest BCUT2D eigenvalue weighted by Gasteiger charge is -2.34. The van der Waals surface area contributed by atoms with E-state index in [1.54, 1.807) is 0 Å². The van der Waals surface area contributed by atoms with Gasteiger partial charge in [-0.25, -0.2) is 0 Å². The maximum atomic E-state index is 5.40. The summed E-state index contributed by atoms with van der Waals surface area (Å²) in [5.74, 6) is 2.49. The van der Waals surface area contributed by atoms with Crippen molar-refractivity contribution in [2.45, 2.75) is 26.7 Å². The summed E-state index contributed by atoms with van der Waals surface area (Å²) >= 11 is 0. The number of morpholine rings is 1. The van der Waals surface area contributed by atoms with E-state index in [1.165, 1.54) is 12.8 Å². The standard InChI is InChI=1S/C16H32N4O.HI/c1-14-5-4-6-20(13-14)16(17-3)18-11-15(2)12-19-7-9-21-10-8-19;/h14-15H,4-13H2,1-3H3,(H,17,18);1H. The molecule has 0 amide bonds. The highest BCUT2D eigenvalue weighted by molar-refractivity contribution is 14.0. The van der Waals surface area contributed by atoms with Gasteiger partial charge in [0.15, 0.2) is 5.96 Å². The van der Waals surface area contributed by atoms with E-state index in [1.807, 2.05) is 7.05 Å². The van der Waals surface area contributed by atoms with Gasteiger partial charge in [-0.2, -0.15) is 0 Å². The van der Waals surface area contributed by atoms with Gasteiger partial charge in [-0.05, 0) is 24.7 Å². The number of nitrogens with one attached hydrogen (secondary N) is 1. The fraction of sp³-hybridized carbons (Fsp3) is 0.938. The molecule has 0 saturated carbocycles. The third-order valence-corrected chi connectivity index (χ3v) is 4.45. The highest BCUT2D eigenvalue weighted by atomic mass is 127. The summed E-state index contributed by atoms with van der Waals surface area (Å²) in [4.78, 5) is 9.38. The number of hydrogen-bond acceptors (Lipinski definition) is 3. The zero-order valence-corrected chi connectivity index (χ0v) is 16.7. The maximum Gasteiger partial charge on any atom is 0.193 e. The van der Waals surface area contributed by atoms with E-state index < -0.39 is 0 Å². The van der Waals surface area contributed by atoms with Crippen molar-refractivity contribution in [1.29, 1.82) is 0 Å². The Kier molecular flexibility index (Phi) is 9.66. The minimum absolute atomic E-state index is 0. The van der Waals surface area contributed by atoms with Crippen molar-refractivity contribution in [2.24, 2.45) is 16.8 Å². The van der Waals surface area contributed by atoms with Crippen LogP contribution in [0.2, 0.25) is 0 Å². The molecule has 2 heterocycles. The third-order valence-electron chi connectivity index (χ3n) is 4.45. The smallest absolute Gasteiger partial charge is 0.193 e. The lowest BCUT2D eigenvalue weighted by atomic mass is 10.0. The summed E-state index contributed by atoms with van der Waals surface area (Å²) in [6.07, 6.45) is 2.63.